The zero-order valence-corrected chi connectivity index (χ0v) is 9.58. The largest absolute Gasteiger partial charge is 2.00 e. The summed E-state index contributed by atoms with van der Waals surface area (Å²) >= 11 is 0. The van der Waals surface area contributed by atoms with Crippen LogP contribution < -0.4 is 24.8 Å². The van der Waals surface area contributed by atoms with E-state index in [4.69, 9.17) is 6.42 Å². The van der Waals surface area contributed by atoms with Crippen LogP contribution in [0.15, 0.2) is 12.7 Å². The fourth-order valence-electron chi connectivity index (χ4n) is 0.516. The van der Waals surface area contributed by atoms with E-state index in [-0.39, 0.29) is 47.9 Å². The molecule has 0 aliphatic rings. The molecule has 0 bridgehead atoms. The monoisotopic (exact) mass is 202 g/mol. The zero-order valence-electron chi connectivity index (χ0n) is 6.65. The normalized spacial score (nSPS) is 5.73. The van der Waals surface area contributed by atoms with Gasteiger partial charge in [-0.3, -0.25) is 0 Å². The van der Waals surface area contributed by atoms with Gasteiger partial charge in [0.25, 0.3) is 0 Å². The number of hydrogen-bond acceptors (Lipinski definition) is 0. The van der Waals surface area contributed by atoms with E-state index in [0.717, 1.165) is 19.3 Å². The van der Waals surface area contributed by atoms with Gasteiger partial charge < -0.3 is 24.8 Å². The molecular weight excluding hydrogens is 191 g/mol. The molecule has 0 heterocycles. The first kappa shape index (κ1) is 22.6. The molecule has 0 spiro atoms. The van der Waals surface area contributed by atoms with E-state index >= 15 is 0 Å². The first-order valence-corrected chi connectivity index (χ1v) is 2.96. The molecule has 0 aromatic heterocycles. The average molecular weight is 203 g/mol. The van der Waals surface area contributed by atoms with Crippen LogP contribution in [-0.4, -0.2) is 23.1 Å². The van der Waals surface area contributed by atoms with E-state index in [1.807, 2.05) is 6.08 Å². The molecule has 60 valence electrons. The molecule has 0 aromatic rings. The van der Waals surface area contributed by atoms with Crippen molar-refractivity contribution in [2.45, 2.75) is 25.7 Å². The fourth-order valence-corrected chi connectivity index (χ4v) is 0.516. The van der Waals surface area contributed by atoms with Crippen LogP contribution in [0.3, 0.4) is 0 Å². The minimum atomic E-state index is 0. The molecule has 3 heteroatoms. The molecule has 0 nitrogen and oxygen atoms in total. The summed E-state index contributed by atoms with van der Waals surface area (Å²) in [5.41, 5.74) is 0. The van der Waals surface area contributed by atoms with E-state index in [9.17, 15) is 0 Å². The second-order valence-electron chi connectivity index (χ2n) is 1.74. The van der Waals surface area contributed by atoms with E-state index in [1.165, 1.54) is 6.42 Å². The van der Waals surface area contributed by atoms with Gasteiger partial charge in [0.2, 0.25) is 0 Å². The summed E-state index contributed by atoms with van der Waals surface area (Å²) in [5, 5.41) is 0. The van der Waals surface area contributed by atoms with Crippen LogP contribution in [-0.2, 0) is 0 Å². The molecular formula is C8H12Cl2Mg. The van der Waals surface area contributed by atoms with E-state index in [1.54, 1.807) is 0 Å². The molecule has 0 saturated heterocycles. The molecule has 0 fully saturated rings. The summed E-state index contributed by atoms with van der Waals surface area (Å²) in [6.07, 6.45) is 11.3. The van der Waals surface area contributed by atoms with Crippen LogP contribution >= 0.6 is 0 Å². The molecule has 0 aromatic carbocycles. The Morgan fingerprint density at radius 3 is 2.18 bits per heavy atom. The standard InChI is InChI=1S/C8H12.2ClH.Mg/c1-3-5-7-8-6-4-2;;;/h1,4H,2,5-8H2;2*1H;/q;;;+2/p-2. The number of rotatable bonds is 4. The maximum atomic E-state index is 5.03. The molecule has 0 aliphatic heterocycles. The van der Waals surface area contributed by atoms with Crippen LogP contribution in [0.4, 0.5) is 0 Å². The third-order valence-electron chi connectivity index (χ3n) is 0.979. The Morgan fingerprint density at radius 2 is 1.82 bits per heavy atom. The second kappa shape index (κ2) is 22.4. The first-order chi connectivity index (χ1) is 3.91. The maximum absolute atomic E-state index is 5.03. The summed E-state index contributed by atoms with van der Waals surface area (Å²) in [6, 6.07) is 0. The number of hydrogen-bond donors (Lipinski definition) is 0. The van der Waals surface area contributed by atoms with Gasteiger partial charge in [0.05, 0.1) is 0 Å². The third-order valence-corrected chi connectivity index (χ3v) is 0.979. The Labute approximate surface area is 98.2 Å². The SMILES string of the molecule is C#CCCCCC=C.[Cl-].[Cl-].[Mg+2]. The zero-order chi connectivity index (χ0) is 6.24. The van der Waals surface area contributed by atoms with Gasteiger partial charge in [0.1, 0.15) is 0 Å². The van der Waals surface area contributed by atoms with Crippen LogP contribution in [0.1, 0.15) is 25.7 Å². The molecule has 0 amide bonds. The van der Waals surface area contributed by atoms with Crippen LogP contribution in [0, 0.1) is 12.3 Å². The Morgan fingerprint density at radius 1 is 1.27 bits per heavy atom. The molecule has 0 N–H and O–H groups in total. The average Bonchev–Trinajstić information content (AvgIpc) is 1.81. The number of unbranched alkanes of at least 4 members (excludes halogenated alkanes) is 3. The molecule has 0 unspecified atom stereocenters. The summed E-state index contributed by atoms with van der Waals surface area (Å²) in [7, 11) is 0. The van der Waals surface area contributed by atoms with Crippen molar-refractivity contribution in [2.75, 3.05) is 0 Å². The number of allylic oxidation sites excluding steroid dienone is 1. The number of halogens is 2. The van der Waals surface area contributed by atoms with Gasteiger partial charge in [-0.1, -0.05) is 6.08 Å². The van der Waals surface area contributed by atoms with Gasteiger partial charge in [-0.2, -0.15) is 0 Å². The van der Waals surface area contributed by atoms with E-state index in [0.29, 0.717) is 0 Å². The van der Waals surface area contributed by atoms with Crippen molar-refractivity contribution in [1.82, 2.24) is 0 Å². The molecule has 0 aliphatic carbocycles. The Hall–Kier alpha value is 0.646. The molecule has 0 rings (SSSR count). The van der Waals surface area contributed by atoms with Crippen molar-refractivity contribution >= 4 is 23.1 Å². The minimum Gasteiger partial charge on any atom is -1.00 e. The van der Waals surface area contributed by atoms with Crippen LogP contribution in [0.5, 0.6) is 0 Å². The third kappa shape index (κ3) is 25.0. The molecule has 0 atom stereocenters. The maximum Gasteiger partial charge on any atom is 2.00 e. The first-order valence-electron chi connectivity index (χ1n) is 2.96. The van der Waals surface area contributed by atoms with Crippen LogP contribution in [0.25, 0.3) is 0 Å². The Bertz CT molecular complexity index is 96.8. The fraction of sp³-hybridized carbons (Fsp3) is 0.500. The summed E-state index contributed by atoms with van der Waals surface area (Å²) < 4.78 is 0. The summed E-state index contributed by atoms with van der Waals surface area (Å²) in [5.74, 6) is 2.59. The molecule has 11 heavy (non-hydrogen) atoms. The quantitative estimate of drug-likeness (QED) is 0.189. The number of terminal acetylenes is 1. The van der Waals surface area contributed by atoms with Gasteiger partial charge in [-0.05, 0) is 19.3 Å². The van der Waals surface area contributed by atoms with E-state index in [2.05, 4.69) is 12.5 Å². The predicted octanol–water partition coefficient (Wildman–Crippen LogP) is -4.01. The Kier molecular flexibility index (Phi) is 46.0. The summed E-state index contributed by atoms with van der Waals surface area (Å²) in [6.45, 7) is 3.61. The van der Waals surface area contributed by atoms with Gasteiger partial charge >= 0.3 is 23.1 Å². The van der Waals surface area contributed by atoms with Crippen molar-refractivity contribution in [3.63, 3.8) is 0 Å². The minimum absolute atomic E-state index is 0. The van der Waals surface area contributed by atoms with Crippen molar-refractivity contribution in [3.05, 3.63) is 12.7 Å². The van der Waals surface area contributed by atoms with Gasteiger partial charge in [0, 0.05) is 6.42 Å². The van der Waals surface area contributed by atoms with Crippen LogP contribution in [0.2, 0.25) is 0 Å². The van der Waals surface area contributed by atoms with Crippen molar-refractivity contribution in [2.24, 2.45) is 0 Å². The van der Waals surface area contributed by atoms with Gasteiger partial charge in [-0.25, -0.2) is 0 Å². The molecule has 0 radical (unpaired) electrons. The van der Waals surface area contributed by atoms with Crippen molar-refractivity contribution in [3.8, 4) is 12.3 Å². The van der Waals surface area contributed by atoms with Crippen molar-refractivity contribution in [1.29, 1.82) is 0 Å². The van der Waals surface area contributed by atoms with Gasteiger partial charge in [0.15, 0.2) is 0 Å². The summed E-state index contributed by atoms with van der Waals surface area (Å²) in [4.78, 5) is 0. The van der Waals surface area contributed by atoms with Gasteiger partial charge in [-0.15, -0.1) is 18.9 Å². The Balaban J connectivity index is -0.0000000817. The molecule has 0 saturated carbocycles. The predicted molar refractivity (Wildman–Crippen MR) is 43.3 cm³/mol. The topological polar surface area (TPSA) is 0 Å². The second-order valence-corrected chi connectivity index (χ2v) is 1.74. The van der Waals surface area contributed by atoms with E-state index < -0.39 is 0 Å². The van der Waals surface area contributed by atoms with Crippen molar-refractivity contribution < 1.29 is 24.8 Å². The smallest absolute Gasteiger partial charge is 1.00 e.